The van der Waals surface area contributed by atoms with Crippen LogP contribution in [0.25, 0.3) is 0 Å². The standard InChI is InChI=1S/C10H12IN5OS/c1-2-3-13-10-15-14-8(18-10)5-16-6-12-4-7(11)9(16)17/h4,6H,2-3,5H2,1H3,(H,13,15). The second-order valence-corrected chi connectivity index (χ2v) is 5.83. The van der Waals surface area contributed by atoms with Crippen LogP contribution in [0.4, 0.5) is 5.13 Å². The molecule has 0 radical (unpaired) electrons. The van der Waals surface area contributed by atoms with Crippen molar-refractivity contribution < 1.29 is 0 Å². The Morgan fingerprint density at radius 2 is 2.33 bits per heavy atom. The Morgan fingerprint density at radius 3 is 3.11 bits per heavy atom. The maximum Gasteiger partial charge on any atom is 0.267 e. The van der Waals surface area contributed by atoms with Gasteiger partial charge in [0.05, 0.1) is 16.4 Å². The lowest BCUT2D eigenvalue weighted by atomic mass is 10.5. The van der Waals surface area contributed by atoms with E-state index in [1.807, 2.05) is 22.6 Å². The Kier molecular flexibility index (Phi) is 4.64. The van der Waals surface area contributed by atoms with Crippen molar-refractivity contribution in [1.82, 2.24) is 19.7 Å². The molecule has 2 heterocycles. The highest BCUT2D eigenvalue weighted by Gasteiger charge is 2.06. The summed E-state index contributed by atoms with van der Waals surface area (Å²) >= 11 is 3.43. The van der Waals surface area contributed by atoms with Crippen LogP contribution in [0, 0.1) is 3.57 Å². The first-order valence-corrected chi connectivity index (χ1v) is 7.36. The summed E-state index contributed by atoms with van der Waals surface area (Å²) in [4.78, 5) is 15.8. The van der Waals surface area contributed by atoms with Gasteiger partial charge in [0.15, 0.2) is 0 Å². The van der Waals surface area contributed by atoms with Crippen molar-refractivity contribution in [2.75, 3.05) is 11.9 Å². The number of rotatable bonds is 5. The van der Waals surface area contributed by atoms with Gasteiger partial charge in [-0.3, -0.25) is 9.36 Å². The largest absolute Gasteiger partial charge is 0.360 e. The lowest BCUT2D eigenvalue weighted by Gasteiger charge is -2.01. The summed E-state index contributed by atoms with van der Waals surface area (Å²) < 4.78 is 2.13. The summed E-state index contributed by atoms with van der Waals surface area (Å²) in [5, 5.41) is 12.8. The van der Waals surface area contributed by atoms with Gasteiger partial charge in [0, 0.05) is 12.7 Å². The molecule has 0 amide bonds. The molecular formula is C10H12IN5OS. The molecule has 18 heavy (non-hydrogen) atoms. The van der Waals surface area contributed by atoms with E-state index in [-0.39, 0.29) is 5.56 Å². The maximum atomic E-state index is 11.8. The van der Waals surface area contributed by atoms with Gasteiger partial charge in [-0.25, -0.2) is 4.98 Å². The summed E-state index contributed by atoms with van der Waals surface area (Å²) in [5.74, 6) is 0. The van der Waals surface area contributed by atoms with E-state index in [0.29, 0.717) is 10.1 Å². The molecule has 0 atom stereocenters. The summed E-state index contributed by atoms with van der Waals surface area (Å²) in [7, 11) is 0. The summed E-state index contributed by atoms with van der Waals surface area (Å²) in [6, 6.07) is 0. The van der Waals surface area contributed by atoms with Gasteiger partial charge in [0.25, 0.3) is 5.56 Å². The molecule has 0 aromatic carbocycles. The van der Waals surface area contributed by atoms with Gasteiger partial charge in [-0.2, -0.15) is 0 Å². The highest BCUT2D eigenvalue weighted by Crippen LogP contribution is 2.15. The zero-order chi connectivity index (χ0) is 13.0. The van der Waals surface area contributed by atoms with E-state index in [1.54, 1.807) is 6.20 Å². The van der Waals surface area contributed by atoms with Crippen LogP contribution in [0.5, 0.6) is 0 Å². The molecule has 2 rings (SSSR count). The smallest absolute Gasteiger partial charge is 0.267 e. The van der Waals surface area contributed by atoms with E-state index < -0.39 is 0 Å². The predicted octanol–water partition coefficient (Wildman–Crippen LogP) is 1.57. The third-order valence-electron chi connectivity index (χ3n) is 2.16. The van der Waals surface area contributed by atoms with Crippen LogP contribution in [-0.4, -0.2) is 26.3 Å². The summed E-state index contributed by atoms with van der Waals surface area (Å²) in [5.41, 5.74) is -0.0520. The van der Waals surface area contributed by atoms with Crippen molar-refractivity contribution >= 4 is 39.1 Å². The van der Waals surface area contributed by atoms with Crippen molar-refractivity contribution in [1.29, 1.82) is 0 Å². The van der Waals surface area contributed by atoms with Crippen LogP contribution >= 0.6 is 33.9 Å². The molecule has 0 fully saturated rings. The quantitative estimate of drug-likeness (QED) is 0.801. The number of halogens is 1. The molecule has 0 saturated carbocycles. The van der Waals surface area contributed by atoms with Crippen molar-refractivity contribution in [2.45, 2.75) is 19.9 Å². The fourth-order valence-electron chi connectivity index (χ4n) is 1.30. The van der Waals surface area contributed by atoms with Crippen LogP contribution < -0.4 is 10.9 Å². The molecule has 0 aliphatic heterocycles. The molecule has 0 bridgehead atoms. The predicted molar refractivity (Wildman–Crippen MR) is 79.0 cm³/mol. The average Bonchev–Trinajstić information content (AvgIpc) is 2.80. The van der Waals surface area contributed by atoms with Crippen LogP contribution in [-0.2, 0) is 6.54 Å². The fraction of sp³-hybridized carbons (Fsp3) is 0.400. The van der Waals surface area contributed by atoms with Crippen LogP contribution in [0.15, 0.2) is 17.3 Å². The Bertz CT molecular complexity index is 582. The van der Waals surface area contributed by atoms with Crippen molar-refractivity contribution in [3.05, 3.63) is 31.5 Å². The Morgan fingerprint density at radius 1 is 1.50 bits per heavy atom. The highest BCUT2D eigenvalue weighted by molar-refractivity contribution is 14.1. The number of hydrogen-bond donors (Lipinski definition) is 1. The highest BCUT2D eigenvalue weighted by atomic mass is 127. The van der Waals surface area contributed by atoms with Gasteiger partial charge >= 0.3 is 0 Å². The normalized spacial score (nSPS) is 10.6. The second-order valence-electron chi connectivity index (χ2n) is 3.60. The zero-order valence-corrected chi connectivity index (χ0v) is 12.7. The molecule has 2 aromatic heterocycles. The first-order chi connectivity index (χ1) is 8.70. The van der Waals surface area contributed by atoms with E-state index in [4.69, 9.17) is 0 Å². The fourth-order valence-corrected chi connectivity index (χ4v) is 2.54. The Labute approximate surface area is 122 Å². The topological polar surface area (TPSA) is 72.7 Å². The van der Waals surface area contributed by atoms with Crippen LogP contribution in [0.2, 0.25) is 0 Å². The van der Waals surface area contributed by atoms with Crippen molar-refractivity contribution in [3.8, 4) is 0 Å². The van der Waals surface area contributed by atoms with E-state index in [9.17, 15) is 4.79 Å². The number of nitrogens with one attached hydrogen (secondary N) is 1. The van der Waals surface area contributed by atoms with E-state index in [2.05, 4.69) is 27.4 Å². The van der Waals surface area contributed by atoms with Crippen molar-refractivity contribution in [2.24, 2.45) is 0 Å². The lowest BCUT2D eigenvalue weighted by Crippen LogP contribution is -2.22. The van der Waals surface area contributed by atoms with E-state index >= 15 is 0 Å². The molecule has 1 N–H and O–H groups in total. The minimum absolute atomic E-state index is 0.0520. The van der Waals surface area contributed by atoms with Gasteiger partial charge in [0.1, 0.15) is 5.01 Å². The van der Waals surface area contributed by atoms with Gasteiger partial charge < -0.3 is 5.32 Å². The maximum absolute atomic E-state index is 11.8. The molecule has 0 unspecified atom stereocenters. The van der Waals surface area contributed by atoms with Crippen LogP contribution in [0.1, 0.15) is 18.4 Å². The molecule has 0 saturated heterocycles. The van der Waals surface area contributed by atoms with Crippen LogP contribution in [0.3, 0.4) is 0 Å². The molecule has 2 aromatic rings. The monoisotopic (exact) mass is 377 g/mol. The van der Waals surface area contributed by atoms with E-state index in [0.717, 1.165) is 23.1 Å². The number of hydrogen-bond acceptors (Lipinski definition) is 6. The molecule has 0 aliphatic carbocycles. The SMILES string of the molecule is CCCNc1nnc(Cn2cncc(I)c2=O)s1. The first kappa shape index (κ1) is 13.4. The molecular weight excluding hydrogens is 365 g/mol. The minimum atomic E-state index is -0.0520. The van der Waals surface area contributed by atoms with Gasteiger partial charge in [-0.1, -0.05) is 18.3 Å². The average molecular weight is 377 g/mol. The minimum Gasteiger partial charge on any atom is -0.360 e. The molecule has 6 nitrogen and oxygen atoms in total. The number of nitrogens with zero attached hydrogens (tertiary/aromatic N) is 4. The third-order valence-corrected chi connectivity index (χ3v) is 3.76. The Balaban J connectivity index is 2.11. The number of anilines is 1. The van der Waals surface area contributed by atoms with Gasteiger partial charge in [0.2, 0.25) is 5.13 Å². The van der Waals surface area contributed by atoms with Crippen molar-refractivity contribution in [3.63, 3.8) is 0 Å². The van der Waals surface area contributed by atoms with E-state index in [1.165, 1.54) is 22.2 Å². The number of aromatic nitrogens is 4. The molecule has 96 valence electrons. The zero-order valence-electron chi connectivity index (χ0n) is 9.76. The lowest BCUT2D eigenvalue weighted by molar-refractivity contribution is 0.718. The molecule has 0 spiro atoms. The summed E-state index contributed by atoms with van der Waals surface area (Å²) in [6.07, 6.45) is 4.11. The molecule has 0 aliphatic rings. The second kappa shape index (κ2) is 6.23. The first-order valence-electron chi connectivity index (χ1n) is 5.47. The van der Waals surface area contributed by atoms with Gasteiger partial charge in [-0.15, -0.1) is 10.2 Å². The van der Waals surface area contributed by atoms with Gasteiger partial charge in [-0.05, 0) is 29.0 Å². The Hall–Kier alpha value is -1.03. The third kappa shape index (κ3) is 3.25. The summed E-state index contributed by atoms with van der Waals surface area (Å²) in [6.45, 7) is 3.37. The molecule has 8 heteroatoms.